The molecule has 0 spiro atoms. The Bertz CT molecular complexity index is 1300. The van der Waals surface area contributed by atoms with Crippen molar-refractivity contribution in [2.75, 3.05) is 25.2 Å². The molecule has 7 heteroatoms. The quantitative estimate of drug-likeness (QED) is 0.232. The molecule has 3 aromatic carbocycles. The maximum atomic E-state index is 13.4. The van der Waals surface area contributed by atoms with Gasteiger partial charge in [-0.15, -0.1) is 0 Å². The number of carboxylic acids is 1. The maximum absolute atomic E-state index is 13.4. The minimum absolute atomic E-state index is 0.335. The van der Waals surface area contributed by atoms with Crippen molar-refractivity contribution >= 4 is 23.6 Å². The van der Waals surface area contributed by atoms with Crippen LogP contribution in [0.2, 0.25) is 0 Å². The molecule has 0 radical (unpaired) electrons. The SMILES string of the molecule is CC[C@H]1C[C@@H](COCc2ccccc2)N(Cc2ccc(C(=O)N[C@@H](CCSC)C(=O)O)c(-c3ccccc3C)c2)C1. The van der Waals surface area contributed by atoms with E-state index >= 15 is 0 Å². The van der Waals surface area contributed by atoms with Gasteiger partial charge < -0.3 is 15.2 Å². The average Bonchev–Trinajstić information content (AvgIpc) is 3.37. The molecule has 0 unspecified atom stereocenters. The summed E-state index contributed by atoms with van der Waals surface area (Å²) in [5.41, 5.74) is 5.67. The molecule has 1 saturated heterocycles. The number of hydrogen-bond donors (Lipinski definition) is 2. The molecule has 1 aliphatic rings. The first-order valence-electron chi connectivity index (χ1n) is 14.5. The summed E-state index contributed by atoms with van der Waals surface area (Å²) in [6.45, 7) is 7.37. The standard InChI is InChI=1S/C34H42N2O4S/c1-4-25-18-28(23-40-22-26-11-6-5-7-12-26)36(20-25)21-27-14-15-30(31(19-27)29-13-9-8-10-24(29)2)33(37)35-32(34(38)39)16-17-41-3/h5-15,19,25,28,32H,4,16-18,20-23H2,1-3H3,(H,35,37)(H,38,39)/t25-,28-,32-/m0/s1. The summed E-state index contributed by atoms with van der Waals surface area (Å²) in [6, 6.07) is 23.7. The van der Waals surface area contributed by atoms with Crippen LogP contribution in [0.4, 0.5) is 0 Å². The van der Waals surface area contributed by atoms with Crippen molar-refractivity contribution in [2.45, 2.75) is 58.3 Å². The molecular formula is C34H42N2O4S. The minimum atomic E-state index is -1.01. The number of likely N-dealkylation sites (tertiary alicyclic amines) is 1. The van der Waals surface area contributed by atoms with Gasteiger partial charge in [0.25, 0.3) is 5.91 Å². The number of aliphatic carboxylic acids is 1. The summed E-state index contributed by atoms with van der Waals surface area (Å²) in [7, 11) is 0. The van der Waals surface area contributed by atoms with Crippen molar-refractivity contribution in [3.05, 3.63) is 95.1 Å². The Hall–Kier alpha value is -3.13. The lowest BCUT2D eigenvalue weighted by Gasteiger charge is -2.25. The third-order valence-electron chi connectivity index (χ3n) is 7.98. The normalized spacial score (nSPS) is 17.8. The molecule has 1 aliphatic heterocycles. The molecular weight excluding hydrogens is 532 g/mol. The minimum Gasteiger partial charge on any atom is -0.480 e. The van der Waals surface area contributed by atoms with Crippen LogP contribution in [0.1, 0.15) is 53.2 Å². The van der Waals surface area contributed by atoms with Gasteiger partial charge in [-0.05, 0) is 77.6 Å². The molecule has 6 nitrogen and oxygen atoms in total. The van der Waals surface area contributed by atoms with Crippen molar-refractivity contribution in [2.24, 2.45) is 5.92 Å². The summed E-state index contributed by atoms with van der Waals surface area (Å²) in [5, 5.41) is 12.5. The zero-order valence-corrected chi connectivity index (χ0v) is 25.2. The highest BCUT2D eigenvalue weighted by atomic mass is 32.2. The summed E-state index contributed by atoms with van der Waals surface area (Å²) >= 11 is 1.57. The summed E-state index contributed by atoms with van der Waals surface area (Å²) in [6.07, 6.45) is 4.56. The van der Waals surface area contributed by atoms with Crippen molar-refractivity contribution in [1.29, 1.82) is 0 Å². The van der Waals surface area contributed by atoms with E-state index in [2.05, 4.69) is 35.3 Å². The topological polar surface area (TPSA) is 78.9 Å². The monoisotopic (exact) mass is 574 g/mol. The number of rotatable bonds is 14. The predicted octanol–water partition coefficient (Wildman–Crippen LogP) is 6.42. The van der Waals surface area contributed by atoms with Gasteiger partial charge >= 0.3 is 5.97 Å². The van der Waals surface area contributed by atoms with Crippen molar-refractivity contribution < 1.29 is 19.4 Å². The highest BCUT2D eigenvalue weighted by molar-refractivity contribution is 7.98. The summed E-state index contributed by atoms with van der Waals surface area (Å²) in [5.74, 6) is -0.0780. The summed E-state index contributed by atoms with van der Waals surface area (Å²) in [4.78, 5) is 27.8. The van der Waals surface area contributed by atoms with Gasteiger partial charge in [0, 0.05) is 24.7 Å². The number of aryl methyl sites for hydroxylation is 1. The number of amides is 1. The van der Waals surface area contributed by atoms with Gasteiger partial charge in [0.2, 0.25) is 0 Å². The Morgan fingerprint density at radius 1 is 1.05 bits per heavy atom. The number of nitrogens with zero attached hydrogens (tertiary/aromatic N) is 1. The third kappa shape index (κ3) is 8.44. The highest BCUT2D eigenvalue weighted by Gasteiger charge is 2.31. The van der Waals surface area contributed by atoms with E-state index in [4.69, 9.17) is 4.74 Å². The van der Waals surface area contributed by atoms with E-state index in [9.17, 15) is 14.7 Å². The van der Waals surface area contributed by atoms with E-state index in [1.165, 1.54) is 5.56 Å². The van der Waals surface area contributed by atoms with Crippen molar-refractivity contribution in [3.63, 3.8) is 0 Å². The van der Waals surface area contributed by atoms with Crippen LogP contribution in [0, 0.1) is 12.8 Å². The molecule has 1 amide bonds. The Balaban J connectivity index is 1.55. The fourth-order valence-corrected chi connectivity index (χ4v) is 6.06. The number of nitrogens with one attached hydrogen (secondary N) is 1. The van der Waals surface area contributed by atoms with Crippen LogP contribution in [0.15, 0.2) is 72.8 Å². The van der Waals surface area contributed by atoms with Gasteiger partial charge in [-0.1, -0.05) is 74.0 Å². The Labute approximate surface area is 248 Å². The second-order valence-corrected chi connectivity index (χ2v) is 11.9. The van der Waals surface area contributed by atoms with Gasteiger partial charge in [-0.25, -0.2) is 4.79 Å². The lowest BCUT2D eigenvalue weighted by molar-refractivity contribution is -0.139. The lowest BCUT2D eigenvalue weighted by atomic mass is 9.93. The van der Waals surface area contributed by atoms with E-state index in [0.29, 0.717) is 42.9 Å². The molecule has 0 aromatic heterocycles. The number of benzene rings is 3. The number of thioether (sulfide) groups is 1. The van der Waals surface area contributed by atoms with E-state index in [-0.39, 0.29) is 5.91 Å². The average molecular weight is 575 g/mol. The molecule has 1 fully saturated rings. The van der Waals surface area contributed by atoms with Crippen LogP contribution in [-0.4, -0.2) is 59.1 Å². The van der Waals surface area contributed by atoms with Crippen molar-refractivity contribution in [3.8, 4) is 11.1 Å². The number of ether oxygens (including phenoxy) is 1. The predicted molar refractivity (Wildman–Crippen MR) is 167 cm³/mol. The number of hydrogen-bond acceptors (Lipinski definition) is 5. The molecule has 0 aliphatic carbocycles. The van der Waals surface area contributed by atoms with Gasteiger partial charge in [-0.2, -0.15) is 11.8 Å². The van der Waals surface area contributed by atoms with E-state index in [0.717, 1.165) is 48.2 Å². The van der Waals surface area contributed by atoms with Crippen LogP contribution in [0.3, 0.4) is 0 Å². The van der Waals surface area contributed by atoms with Crippen LogP contribution in [0.25, 0.3) is 11.1 Å². The Morgan fingerprint density at radius 3 is 2.51 bits per heavy atom. The first-order chi connectivity index (χ1) is 19.9. The first-order valence-corrected chi connectivity index (χ1v) is 15.9. The number of carbonyl (C=O) groups excluding carboxylic acids is 1. The molecule has 1 heterocycles. The zero-order chi connectivity index (χ0) is 29.2. The van der Waals surface area contributed by atoms with Gasteiger partial charge in [0.05, 0.1) is 13.2 Å². The molecule has 0 bridgehead atoms. The maximum Gasteiger partial charge on any atom is 0.326 e. The van der Waals surface area contributed by atoms with Crippen molar-refractivity contribution in [1.82, 2.24) is 10.2 Å². The van der Waals surface area contributed by atoms with Crippen LogP contribution < -0.4 is 5.32 Å². The van der Waals surface area contributed by atoms with Gasteiger partial charge in [0.1, 0.15) is 6.04 Å². The smallest absolute Gasteiger partial charge is 0.326 e. The molecule has 0 saturated carbocycles. The first kappa shape index (κ1) is 30.8. The highest BCUT2D eigenvalue weighted by Crippen LogP contribution is 2.31. The molecule has 3 atom stereocenters. The second kappa shape index (κ2) is 15.2. The number of carboxylic acid groups (broad SMARTS) is 1. The van der Waals surface area contributed by atoms with E-state index in [1.807, 2.05) is 67.8 Å². The van der Waals surface area contributed by atoms with Crippen LogP contribution >= 0.6 is 11.8 Å². The third-order valence-corrected chi connectivity index (χ3v) is 8.62. The summed E-state index contributed by atoms with van der Waals surface area (Å²) < 4.78 is 6.16. The molecule has 218 valence electrons. The van der Waals surface area contributed by atoms with Crippen LogP contribution in [-0.2, 0) is 22.7 Å². The lowest BCUT2D eigenvalue weighted by Crippen LogP contribution is -2.41. The molecule has 4 rings (SSSR count). The zero-order valence-electron chi connectivity index (χ0n) is 24.3. The van der Waals surface area contributed by atoms with Gasteiger partial charge in [-0.3, -0.25) is 9.69 Å². The molecule has 2 N–H and O–H groups in total. The van der Waals surface area contributed by atoms with E-state index < -0.39 is 12.0 Å². The Morgan fingerprint density at radius 2 is 1.80 bits per heavy atom. The molecule has 3 aromatic rings. The fraction of sp³-hybridized carbons (Fsp3) is 0.412. The molecule has 41 heavy (non-hydrogen) atoms. The number of carbonyl (C=O) groups is 2. The van der Waals surface area contributed by atoms with E-state index in [1.54, 1.807) is 11.8 Å². The second-order valence-electron chi connectivity index (χ2n) is 10.9. The Kier molecular flexibility index (Phi) is 11.4. The van der Waals surface area contributed by atoms with Gasteiger partial charge in [0.15, 0.2) is 0 Å². The largest absolute Gasteiger partial charge is 0.480 e. The fourth-order valence-electron chi connectivity index (χ4n) is 5.59. The van der Waals surface area contributed by atoms with Crippen LogP contribution in [0.5, 0.6) is 0 Å².